The van der Waals surface area contributed by atoms with Crippen LogP contribution in [0.25, 0.3) is 0 Å². The van der Waals surface area contributed by atoms with Crippen LogP contribution in [-0.2, 0) is 4.57 Å². The molecule has 1 heterocycles. The van der Waals surface area contributed by atoms with Gasteiger partial charge in [0.25, 0.3) is 0 Å². The van der Waals surface area contributed by atoms with Crippen molar-refractivity contribution in [1.29, 1.82) is 0 Å². The summed E-state index contributed by atoms with van der Waals surface area (Å²) in [5.74, 6) is 0. The van der Waals surface area contributed by atoms with Crippen molar-refractivity contribution in [2.45, 2.75) is 0 Å². The van der Waals surface area contributed by atoms with Gasteiger partial charge in [-0.3, -0.25) is 0 Å². The van der Waals surface area contributed by atoms with Gasteiger partial charge >= 0.3 is 65.7 Å². The van der Waals surface area contributed by atoms with E-state index >= 15 is 0 Å². The summed E-state index contributed by atoms with van der Waals surface area (Å²) in [6, 6.07) is 0. The quantitative estimate of drug-likeness (QED) is 0.422. The van der Waals surface area contributed by atoms with E-state index in [4.69, 9.17) is 4.89 Å². The van der Waals surface area contributed by atoms with Crippen LogP contribution < -0.4 is 55.9 Å². The molecule has 1 atom stereocenters. The normalized spacial score (nSPS) is 9.90. The molecular weight excluding hydrogens is 184 g/mol. The largest absolute Gasteiger partial charge is 1.00 e. The van der Waals surface area contributed by atoms with Gasteiger partial charge in [0, 0.05) is 4.57 Å². The van der Waals surface area contributed by atoms with Crippen LogP contribution in [0, 0.1) is 0 Å². The molecule has 0 fully saturated rings. The van der Waals surface area contributed by atoms with Crippen molar-refractivity contribution in [2.75, 3.05) is 0 Å². The first-order chi connectivity index (χ1) is 4.29. The van der Waals surface area contributed by atoms with Crippen LogP contribution in [0.3, 0.4) is 0 Å². The first-order valence-corrected chi connectivity index (χ1v) is 3.15. The van der Waals surface area contributed by atoms with E-state index in [1.165, 1.54) is 12.5 Å². The monoisotopic (exact) mass is 188 g/mol. The van der Waals surface area contributed by atoms with Gasteiger partial charge in [0.05, 0.1) is 6.20 Å². The molecule has 0 aliphatic rings. The van der Waals surface area contributed by atoms with Gasteiger partial charge in [-0.2, -0.15) is 9.51 Å². The van der Waals surface area contributed by atoms with Crippen molar-refractivity contribution in [3.05, 3.63) is 12.5 Å². The maximum absolute atomic E-state index is 9.89. The second kappa shape index (κ2) is 5.37. The van der Waals surface area contributed by atoms with Gasteiger partial charge in [-0.25, -0.2) is 0 Å². The third-order valence-corrected chi connectivity index (χ3v) is 0.878. The second-order valence-electron chi connectivity index (χ2n) is 1.13. The Morgan fingerprint density at radius 2 is 2.60 bits per heavy atom. The van der Waals surface area contributed by atoms with E-state index in [1.807, 2.05) is 0 Å². The van der Waals surface area contributed by atoms with E-state index in [9.17, 15) is 4.57 Å². The fraction of sp³-hybridized carbons (Fsp3) is 0. The molecule has 1 aromatic rings. The number of oxazole rings is 1. The van der Waals surface area contributed by atoms with Crippen LogP contribution in [0.5, 0.6) is 6.08 Å². The molecule has 0 bridgehead atoms. The van der Waals surface area contributed by atoms with Gasteiger partial charge in [-0.15, -0.1) is 4.89 Å². The first kappa shape index (κ1) is 10.7. The van der Waals surface area contributed by atoms with Gasteiger partial charge in [0.15, 0.2) is 0 Å². The van der Waals surface area contributed by atoms with Crippen LogP contribution >= 0.6 is 8.25 Å². The molecule has 0 radical (unpaired) electrons. The van der Waals surface area contributed by atoms with Crippen LogP contribution in [-0.4, -0.2) is 9.88 Å². The number of rotatable bonds is 2. The third kappa shape index (κ3) is 3.77. The zero-order chi connectivity index (χ0) is 6.69. The molecule has 0 aliphatic heterocycles. The van der Waals surface area contributed by atoms with Crippen LogP contribution in [0.4, 0.5) is 0 Å². The average Bonchev–Trinajstić information content (AvgIpc) is 2.15. The number of hydrogen-bond donors (Lipinski definition) is 1. The molecule has 50 valence electrons. The van der Waals surface area contributed by atoms with E-state index in [-0.39, 0.29) is 58.9 Å². The van der Waals surface area contributed by atoms with Gasteiger partial charge in [-0.1, -0.05) is 0 Å². The molecule has 5 nitrogen and oxygen atoms in total. The van der Waals surface area contributed by atoms with Gasteiger partial charge in [0.1, 0.15) is 6.26 Å². The minimum atomic E-state index is -2.66. The van der Waals surface area contributed by atoms with Crippen LogP contribution in [0.1, 0.15) is 1.43 Å². The van der Waals surface area contributed by atoms with Crippen molar-refractivity contribution in [1.82, 2.24) is 4.98 Å². The van der Waals surface area contributed by atoms with Crippen molar-refractivity contribution in [2.24, 2.45) is 0 Å². The zero-order valence-corrected chi connectivity index (χ0v) is 9.24. The first-order valence-electron chi connectivity index (χ1n) is 2.02. The molecule has 0 saturated carbocycles. The Morgan fingerprint density at radius 3 is 3.00 bits per heavy atom. The van der Waals surface area contributed by atoms with E-state index in [0.717, 1.165) is 0 Å². The van der Waals surface area contributed by atoms with Gasteiger partial charge in [0.2, 0.25) is 0 Å². The van der Waals surface area contributed by atoms with E-state index in [0.29, 0.717) is 0 Å². The van der Waals surface area contributed by atoms with Crippen molar-refractivity contribution in [3.8, 4) is 6.08 Å². The van der Waals surface area contributed by atoms with Crippen molar-refractivity contribution >= 4 is 8.25 Å². The summed E-state index contributed by atoms with van der Waals surface area (Å²) in [7, 11) is -2.66. The van der Waals surface area contributed by atoms with Crippen LogP contribution in [0.2, 0.25) is 0 Å². The van der Waals surface area contributed by atoms with Crippen molar-refractivity contribution < 1.29 is 71.2 Å². The van der Waals surface area contributed by atoms with E-state index in [1.54, 1.807) is 0 Å². The summed E-state index contributed by atoms with van der Waals surface area (Å²) in [4.78, 5) is 11.5. The Labute approximate surface area is 102 Å². The minimum Gasteiger partial charge on any atom is -1.00 e. The Balaban J connectivity index is 0. The topological polar surface area (TPSA) is 72.6 Å². The zero-order valence-electron chi connectivity index (χ0n) is 6.22. The summed E-state index contributed by atoms with van der Waals surface area (Å²) in [5, 5.41) is 0. The fourth-order valence-corrected chi connectivity index (χ4v) is 0.546. The number of aromatic nitrogens is 1. The molecule has 10 heavy (non-hydrogen) atoms. The Kier molecular flexibility index (Phi) is 5.75. The number of nitrogens with zero attached hydrogens (tertiary/aromatic N) is 1. The molecule has 0 saturated heterocycles. The van der Waals surface area contributed by atoms with Crippen LogP contribution in [0.15, 0.2) is 16.9 Å². The predicted octanol–water partition coefficient (Wildman–Crippen LogP) is -2.18. The summed E-state index contributed by atoms with van der Waals surface area (Å²) < 4.78 is 18.5. The van der Waals surface area contributed by atoms with Crippen molar-refractivity contribution in [3.63, 3.8) is 0 Å². The summed E-state index contributed by atoms with van der Waals surface area (Å²) >= 11 is 0. The van der Waals surface area contributed by atoms with Gasteiger partial charge in [-0.05, 0) is 0 Å². The molecular formula is C3H4KNO4P+. The summed E-state index contributed by atoms with van der Waals surface area (Å²) in [6.07, 6.45) is 2.36. The van der Waals surface area contributed by atoms with E-state index in [2.05, 4.69) is 13.9 Å². The second-order valence-corrected chi connectivity index (χ2v) is 1.79. The Hall–Kier alpha value is 0.706. The van der Waals surface area contributed by atoms with E-state index < -0.39 is 8.25 Å². The molecule has 1 rings (SSSR count). The molecule has 1 unspecified atom stereocenters. The molecule has 0 spiro atoms. The Morgan fingerprint density at radius 1 is 1.90 bits per heavy atom. The predicted molar refractivity (Wildman–Crippen MR) is 28.1 cm³/mol. The minimum absolute atomic E-state index is 0. The summed E-state index contributed by atoms with van der Waals surface area (Å²) in [5.41, 5.74) is 0. The molecule has 0 aromatic carbocycles. The Bertz CT molecular complexity index is 205. The molecule has 1 N–H and O–H groups in total. The molecule has 0 amide bonds. The molecule has 0 aliphatic carbocycles. The smallest absolute Gasteiger partial charge is 1.00 e. The number of hydrogen-bond acceptors (Lipinski definition) is 4. The molecule has 7 heteroatoms. The standard InChI is InChI=1S/C3H2NO4P.K.H/c5-9(6)8-3-4-1-2-7-3;;/h1-2H;;/q;+1;-1/p+1. The SMILES string of the molecule is O=[P+](O)Oc1ncco1.[H-].[K+]. The maximum Gasteiger partial charge on any atom is 1.00 e. The summed E-state index contributed by atoms with van der Waals surface area (Å²) in [6.45, 7) is 0. The average molecular weight is 188 g/mol. The maximum atomic E-state index is 9.89. The molecule has 1 aromatic heterocycles. The fourth-order valence-electron chi connectivity index (χ4n) is 0.322. The van der Waals surface area contributed by atoms with Gasteiger partial charge < -0.3 is 5.84 Å². The third-order valence-electron chi connectivity index (χ3n) is 0.566.